The van der Waals surface area contributed by atoms with Crippen molar-refractivity contribution in [3.8, 4) is 0 Å². The van der Waals surface area contributed by atoms with Crippen molar-refractivity contribution in [2.24, 2.45) is 16.5 Å². The molecule has 17 heteroatoms. The van der Waals surface area contributed by atoms with Gasteiger partial charge in [0.2, 0.25) is 5.95 Å². The molecule has 2 fully saturated rings. The molecule has 8 N–H and O–H groups in total. The van der Waals surface area contributed by atoms with Crippen LogP contribution in [-0.4, -0.2) is 110 Å². The van der Waals surface area contributed by atoms with Crippen LogP contribution >= 0.6 is 7.60 Å². The van der Waals surface area contributed by atoms with Crippen LogP contribution in [-0.2, 0) is 22.4 Å². The molecule has 2 aromatic heterocycles. The Morgan fingerprint density at radius 2 is 1.92 bits per heavy atom. The summed E-state index contributed by atoms with van der Waals surface area (Å²) in [6.45, 7) is 6.34. The van der Waals surface area contributed by atoms with Gasteiger partial charge in [0.15, 0.2) is 5.96 Å². The smallest absolute Gasteiger partial charge is 0.326 e. The molecule has 0 amide bonds. The summed E-state index contributed by atoms with van der Waals surface area (Å²) in [4.78, 5) is 36.0. The van der Waals surface area contributed by atoms with Crippen molar-refractivity contribution in [2.75, 3.05) is 74.2 Å². The third kappa shape index (κ3) is 9.89. The highest BCUT2D eigenvalue weighted by Crippen LogP contribution is 2.34. The highest BCUT2D eigenvalue weighted by atomic mass is 31.2. The molecule has 0 saturated carbocycles. The first-order valence-corrected chi connectivity index (χ1v) is 15.0. The predicted octanol–water partition coefficient (Wildman–Crippen LogP) is -0.766. The van der Waals surface area contributed by atoms with Crippen LogP contribution in [0.15, 0.2) is 17.3 Å². The summed E-state index contributed by atoms with van der Waals surface area (Å²) < 4.78 is 18.5. The molecule has 16 nitrogen and oxygen atoms in total. The first kappa shape index (κ1) is 29.0. The van der Waals surface area contributed by atoms with Crippen molar-refractivity contribution in [2.45, 2.75) is 38.4 Å². The van der Waals surface area contributed by atoms with Crippen LogP contribution < -0.4 is 27.0 Å². The van der Waals surface area contributed by atoms with E-state index in [1.165, 1.54) is 0 Å². The normalized spacial score (nSPS) is 17.2. The number of nitrogens with one attached hydrogen (secondary N) is 2. The molecule has 39 heavy (non-hydrogen) atoms. The number of likely N-dealkylation sites (tertiary alicyclic amines) is 1. The van der Waals surface area contributed by atoms with Crippen LogP contribution in [0.2, 0.25) is 0 Å². The maximum Gasteiger partial charge on any atom is 0.326 e. The topological polar surface area (TPSA) is 218 Å². The quantitative estimate of drug-likeness (QED) is 0.0760. The molecule has 2 aliphatic rings. The van der Waals surface area contributed by atoms with E-state index in [0.29, 0.717) is 45.3 Å². The number of aromatic nitrogens is 5. The Kier molecular flexibility index (Phi) is 10.3. The van der Waals surface area contributed by atoms with Gasteiger partial charge in [0.25, 0.3) is 0 Å². The summed E-state index contributed by atoms with van der Waals surface area (Å²) >= 11 is 0. The number of aryl methyl sites for hydroxylation is 1. The number of ether oxygens (including phenoxy) is 1. The molecule has 0 aliphatic carbocycles. The minimum Gasteiger partial charge on any atom is -0.378 e. The summed E-state index contributed by atoms with van der Waals surface area (Å²) in [5, 5.41) is 15.2. The summed E-state index contributed by atoms with van der Waals surface area (Å²) in [6, 6.07) is 2.17. The Hall–Kier alpha value is -3.04. The zero-order valence-electron chi connectivity index (χ0n) is 22.0. The molecule has 2 aliphatic heterocycles. The van der Waals surface area contributed by atoms with Crippen LogP contribution in [0.4, 0.5) is 17.6 Å². The first-order chi connectivity index (χ1) is 18.7. The molecule has 0 bridgehead atoms. The lowest BCUT2D eigenvalue weighted by molar-refractivity contribution is 0.122. The largest absolute Gasteiger partial charge is 0.378 e. The molecule has 0 unspecified atom stereocenters. The number of anilines is 3. The van der Waals surface area contributed by atoms with E-state index in [1.807, 2.05) is 12.3 Å². The molecule has 2 aromatic rings. The minimum absolute atomic E-state index is 0.0790. The molecule has 4 heterocycles. The second kappa shape index (κ2) is 13.8. The summed E-state index contributed by atoms with van der Waals surface area (Å²) in [7, 11) is -3.98. The van der Waals surface area contributed by atoms with Crippen LogP contribution in [0.3, 0.4) is 0 Å². The number of guanidine groups is 1. The van der Waals surface area contributed by atoms with Gasteiger partial charge in [0.05, 0.1) is 32.1 Å². The summed E-state index contributed by atoms with van der Waals surface area (Å²) in [5.74, 6) is 2.12. The van der Waals surface area contributed by atoms with Gasteiger partial charge in [0.1, 0.15) is 17.3 Å². The van der Waals surface area contributed by atoms with E-state index >= 15 is 0 Å². The van der Waals surface area contributed by atoms with E-state index in [4.69, 9.17) is 36.0 Å². The molecule has 0 spiro atoms. The Balaban J connectivity index is 1.35. The van der Waals surface area contributed by atoms with Crippen LogP contribution in [0.5, 0.6) is 0 Å². The fourth-order valence-corrected chi connectivity index (χ4v) is 5.01. The zero-order chi connectivity index (χ0) is 27.7. The molecule has 0 atom stereocenters. The van der Waals surface area contributed by atoms with E-state index in [0.717, 1.165) is 62.8 Å². The van der Waals surface area contributed by atoms with Crippen LogP contribution in [0, 0.1) is 0 Å². The fourth-order valence-electron chi connectivity index (χ4n) is 4.46. The standard InChI is InChI=1S/C22H39N12O4P/c23-21(24)25-4-1-5-34-16-18(30-31-34)15-26-22-28-19(14-20(29-22)33-8-11-38-12-9-33)27-17-2-6-32(7-3-17)10-13-39(35,36)37/h14,16-17H,1-13,15H2,(H4,23,24,25)(H2,35,36,37)(H2,26,27,28,29). The van der Waals surface area contributed by atoms with Gasteiger partial charge in [-0.3, -0.25) is 14.2 Å². The number of nitrogens with zero attached hydrogens (tertiary/aromatic N) is 8. The van der Waals surface area contributed by atoms with Crippen molar-refractivity contribution in [3.05, 3.63) is 18.0 Å². The van der Waals surface area contributed by atoms with Crippen LogP contribution in [0.25, 0.3) is 0 Å². The lowest BCUT2D eigenvalue weighted by atomic mass is 10.1. The van der Waals surface area contributed by atoms with Crippen molar-refractivity contribution >= 4 is 31.1 Å². The van der Waals surface area contributed by atoms with Gasteiger partial charge in [-0.15, -0.1) is 5.10 Å². The number of hydrogen-bond acceptors (Lipinski definition) is 11. The van der Waals surface area contributed by atoms with Gasteiger partial charge in [-0.2, -0.15) is 9.97 Å². The Morgan fingerprint density at radius 3 is 2.64 bits per heavy atom. The predicted molar refractivity (Wildman–Crippen MR) is 148 cm³/mol. The number of hydrogen-bond donors (Lipinski definition) is 6. The lowest BCUT2D eigenvalue weighted by Crippen LogP contribution is -2.40. The van der Waals surface area contributed by atoms with Crippen molar-refractivity contribution in [1.29, 1.82) is 0 Å². The van der Waals surface area contributed by atoms with Crippen molar-refractivity contribution in [1.82, 2.24) is 29.9 Å². The van der Waals surface area contributed by atoms with Gasteiger partial charge >= 0.3 is 7.60 Å². The molecule has 0 aromatic carbocycles. The van der Waals surface area contributed by atoms with Crippen molar-refractivity contribution < 1.29 is 19.1 Å². The molecule has 4 rings (SSSR count). The maximum atomic E-state index is 11.2. The van der Waals surface area contributed by atoms with E-state index in [2.05, 4.69) is 35.7 Å². The Bertz CT molecular complexity index is 1120. The first-order valence-electron chi connectivity index (χ1n) is 13.2. The van der Waals surface area contributed by atoms with Gasteiger partial charge in [-0.25, -0.2) is 0 Å². The highest BCUT2D eigenvalue weighted by Gasteiger charge is 2.23. The number of rotatable bonds is 13. The third-order valence-electron chi connectivity index (χ3n) is 6.55. The fraction of sp³-hybridized carbons (Fsp3) is 0.682. The summed E-state index contributed by atoms with van der Waals surface area (Å²) in [6.07, 6.45) is 4.21. The van der Waals surface area contributed by atoms with E-state index in [-0.39, 0.29) is 18.2 Å². The number of nitrogens with two attached hydrogens (primary N) is 2. The van der Waals surface area contributed by atoms with E-state index in [1.54, 1.807) is 4.68 Å². The van der Waals surface area contributed by atoms with Crippen LogP contribution in [0.1, 0.15) is 25.0 Å². The van der Waals surface area contributed by atoms with Crippen molar-refractivity contribution in [3.63, 3.8) is 0 Å². The molecule has 0 radical (unpaired) electrons. The molecule has 216 valence electrons. The second-order valence-corrected chi connectivity index (χ2v) is 11.4. The second-order valence-electron chi connectivity index (χ2n) is 9.67. The van der Waals surface area contributed by atoms with Gasteiger partial charge in [-0.1, -0.05) is 5.21 Å². The SMILES string of the molecule is NC(N)=NCCCn1cc(CNc2nc(NC3CCN(CCP(=O)(O)O)CC3)cc(N3CCOCC3)n2)nn1. The maximum absolute atomic E-state index is 11.2. The third-order valence-corrected chi connectivity index (χ3v) is 7.33. The zero-order valence-corrected chi connectivity index (χ0v) is 22.9. The molecule has 2 saturated heterocycles. The number of morpholine rings is 1. The highest BCUT2D eigenvalue weighted by molar-refractivity contribution is 7.51. The molecular weight excluding hydrogens is 527 g/mol. The average molecular weight is 567 g/mol. The Morgan fingerprint density at radius 1 is 1.15 bits per heavy atom. The lowest BCUT2D eigenvalue weighted by Gasteiger charge is -2.33. The average Bonchev–Trinajstić information content (AvgIpc) is 3.37. The van der Waals surface area contributed by atoms with E-state index < -0.39 is 7.60 Å². The monoisotopic (exact) mass is 566 g/mol. The van der Waals surface area contributed by atoms with Gasteiger partial charge < -0.3 is 46.4 Å². The minimum atomic E-state index is -3.98. The van der Waals surface area contributed by atoms with Gasteiger partial charge in [-0.05, 0) is 19.3 Å². The Labute approximate surface area is 227 Å². The van der Waals surface area contributed by atoms with E-state index in [9.17, 15) is 4.57 Å². The number of aliphatic imine (C=N–C) groups is 1. The van der Waals surface area contributed by atoms with Gasteiger partial charge in [0, 0.05) is 57.9 Å². The molecular formula is C22H39N12O4P. The summed E-state index contributed by atoms with van der Waals surface area (Å²) in [5.41, 5.74) is 11.5. The number of piperidine rings is 1.